The number of nitrogens with one attached hydrogen (secondary N) is 4. The molecule has 1 aromatic carbocycles. The van der Waals surface area contributed by atoms with E-state index in [-0.39, 0.29) is 6.17 Å². The number of nitrogens with zero attached hydrogens (tertiary/aromatic N) is 1. The van der Waals surface area contributed by atoms with Gasteiger partial charge < -0.3 is 26.2 Å². The quantitative estimate of drug-likeness (QED) is 0.645. The van der Waals surface area contributed by atoms with E-state index >= 15 is 0 Å². The number of anilines is 1. The average Bonchev–Trinajstić information content (AvgIpc) is 3.16. The first-order valence-electron chi connectivity index (χ1n) is 9.52. The third-order valence-corrected chi connectivity index (χ3v) is 5.51. The van der Waals surface area contributed by atoms with Gasteiger partial charge in [-0.05, 0) is 60.5 Å². The molecule has 0 spiro atoms. The zero-order valence-corrected chi connectivity index (χ0v) is 14.8. The summed E-state index contributed by atoms with van der Waals surface area (Å²) in [6.07, 6.45) is 17.8. The van der Waals surface area contributed by atoms with Gasteiger partial charge in [0.2, 0.25) is 0 Å². The van der Waals surface area contributed by atoms with E-state index in [2.05, 4.69) is 75.1 Å². The van der Waals surface area contributed by atoms with Crippen LogP contribution in [-0.4, -0.2) is 36.7 Å². The Bertz CT molecular complexity index is 905. The van der Waals surface area contributed by atoms with Crippen molar-refractivity contribution in [2.75, 3.05) is 25.0 Å². The van der Waals surface area contributed by atoms with Crippen molar-refractivity contribution in [2.45, 2.75) is 25.0 Å². The van der Waals surface area contributed by atoms with Gasteiger partial charge in [0.05, 0.1) is 0 Å². The fraction of sp³-hybridized carbons (Fsp3) is 0.333. The molecular weight excluding hydrogens is 322 g/mol. The first-order chi connectivity index (χ1) is 12.9. The van der Waals surface area contributed by atoms with Gasteiger partial charge in [-0.3, -0.25) is 0 Å². The summed E-state index contributed by atoms with van der Waals surface area (Å²) in [5, 5.41) is 16.5. The van der Waals surface area contributed by atoms with Gasteiger partial charge >= 0.3 is 0 Å². The second-order valence-corrected chi connectivity index (χ2v) is 7.27. The van der Waals surface area contributed by atoms with Crippen LogP contribution in [0.25, 0.3) is 17.8 Å². The Kier molecular flexibility index (Phi) is 3.94. The molecule has 0 radical (unpaired) electrons. The fourth-order valence-electron chi connectivity index (χ4n) is 4.06. The predicted molar refractivity (Wildman–Crippen MR) is 107 cm³/mol. The van der Waals surface area contributed by atoms with Crippen LogP contribution in [0.15, 0.2) is 42.9 Å². The molecule has 26 heavy (non-hydrogen) atoms. The fourth-order valence-corrected chi connectivity index (χ4v) is 4.06. The molecule has 4 heterocycles. The number of hydrogen-bond acceptors (Lipinski definition) is 5. The first kappa shape index (κ1) is 15.6. The second-order valence-electron chi connectivity index (χ2n) is 7.27. The minimum atomic E-state index is 0.257. The molecule has 5 rings (SSSR count). The molecule has 4 N–H and O–H groups in total. The monoisotopic (exact) mass is 347 g/mol. The van der Waals surface area contributed by atoms with Gasteiger partial charge in [-0.25, -0.2) is 0 Å². The van der Waals surface area contributed by atoms with E-state index in [1.54, 1.807) is 0 Å². The summed E-state index contributed by atoms with van der Waals surface area (Å²) < 4.78 is 0. The van der Waals surface area contributed by atoms with Crippen molar-refractivity contribution >= 4 is 23.5 Å². The maximum Gasteiger partial charge on any atom is 0.122 e. The van der Waals surface area contributed by atoms with Gasteiger partial charge in [0.15, 0.2) is 0 Å². The molecule has 1 saturated heterocycles. The van der Waals surface area contributed by atoms with Crippen molar-refractivity contribution in [1.82, 2.24) is 20.9 Å². The Morgan fingerprint density at radius 3 is 3.00 bits per heavy atom. The number of rotatable bonds is 3. The van der Waals surface area contributed by atoms with E-state index in [0.717, 1.165) is 19.6 Å². The number of benzene rings is 1. The Balaban J connectivity index is 1.54. The summed E-state index contributed by atoms with van der Waals surface area (Å²) in [4.78, 5) is 2.21. The SMILES string of the molecule is C1=CN2C=C(c3cc(NC4CCNCC4)c4c(c3)=CCNC=4)C=CC2N1. The van der Waals surface area contributed by atoms with Gasteiger partial charge in [-0.1, -0.05) is 12.2 Å². The van der Waals surface area contributed by atoms with E-state index in [4.69, 9.17) is 0 Å². The van der Waals surface area contributed by atoms with Crippen LogP contribution < -0.4 is 31.7 Å². The van der Waals surface area contributed by atoms with E-state index in [1.165, 1.54) is 40.1 Å². The lowest BCUT2D eigenvalue weighted by Gasteiger charge is -2.27. The summed E-state index contributed by atoms with van der Waals surface area (Å²) in [5.74, 6) is 0. The predicted octanol–water partition coefficient (Wildman–Crippen LogP) is 0.585. The Labute approximate surface area is 153 Å². The Morgan fingerprint density at radius 2 is 2.08 bits per heavy atom. The van der Waals surface area contributed by atoms with Gasteiger partial charge in [0.1, 0.15) is 6.17 Å². The third-order valence-electron chi connectivity index (χ3n) is 5.51. The summed E-state index contributed by atoms with van der Waals surface area (Å²) in [5.41, 5.74) is 3.75. The van der Waals surface area contributed by atoms with Crippen LogP contribution in [0.3, 0.4) is 0 Å². The normalized spacial score (nSPS) is 23.8. The van der Waals surface area contributed by atoms with E-state index in [0.29, 0.717) is 6.04 Å². The van der Waals surface area contributed by atoms with Crippen LogP contribution in [0.5, 0.6) is 0 Å². The number of fused-ring (bicyclic) bond motifs is 2. The van der Waals surface area contributed by atoms with Crippen LogP contribution in [0, 0.1) is 0 Å². The smallest absolute Gasteiger partial charge is 0.122 e. The zero-order valence-electron chi connectivity index (χ0n) is 14.8. The van der Waals surface area contributed by atoms with Crippen LogP contribution in [0.2, 0.25) is 0 Å². The second kappa shape index (κ2) is 6.57. The minimum absolute atomic E-state index is 0.257. The highest BCUT2D eigenvalue weighted by Gasteiger charge is 2.19. The lowest BCUT2D eigenvalue weighted by atomic mass is 9.99. The molecule has 1 aromatic rings. The molecule has 5 heteroatoms. The highest BCUT2D eigenvalue weighted by atomic mass is 15.3. The van der Waals surface area contributed by atoms with E-state index in [1.807, 2.05) is 6.20 Å². The van der Waals surface area contributed by atoms with Crippen molar-refractivity contribution < 1.29 is 0 Å². The summed E-state index contributed by atoms with van der Waals surface area (Å²) >= 11 is 0. The molecule has 134 valence electrons. The van der Waals surface area contributed by atoms with Gasteiger partial charge in [0, 0.05) is 48.3 Å². The molecule has 0 aromatic heterocycles. The van der Waals surface area contributed by atoms with Crippen LogP contribution in [-0.2, 0) is 0 Å². The van der Waals surface area contributed by atoms with Gasteiger partial charge in [-0.15, -0.1) is 0 Å². The van der Waals surface area contributed by atoms with Crippen molar-refractivity contribution in [3.8, 4) is 0 Å². The van der Waals surface area contributed by atoms with Gasteiger partial charge in [-0.2, -0.15) is 0 Å². The van der Waals surface area contributed by atoms with Crippen molar-refractivity contribution in [3.05, 3.63) is 58.9 Å². The Morgan fingerprint density at radius 1 is 1.15 bits per heavy atom. The molecule has 0 amide bonds. The van der Waals surface area contributed by atoms with Crippen molar-refractivity contribution in [1.29, 1.82) is 0 Å². The van der Waals surface area contributed by atoms with E-state index in [9.17, 15) is 0 Å². The van der Waals surface area contributed by atoms with Crippen molar-refractivity contribution in [3.63, 3.8) is 0 Å². The van der Waals surface area contributed by atoms with E-state index < -0.39 is 0 Å². The molecule has 1 atom stereocenters. The van der Waals surface area contributed by atoms with Crippen molar-refractivity contribution in [2.24, 2.45) is 0 Å². The van der Waals surface area contributed by atoms with Crippen LogP contribution in [0.1, 0.15) is 18.4 Å². The molecule has 4 aliphatic rings. The minimum Gasteiger partial charge on any atom is -0.387 e. The maximum atomic E-state index is 3.81. The molecule has 0 saturated carbocycles. The molecule has 1 fully saturated rings. The first-order valence-corrected chi connectivity index (χ1v) is 9.52. The summed E-state index contributed by atoms with van der Waals surface area (Å²) in [6.45, 7) is 3.08. The number of allylic oxidation sites excluding steroid dienone is 2. The number of piperidine rings is 1. The molecule has 4 aliphatic heterocycles. The molecule has 0 aliphatic carbocycles. The number of hydrogen-bond donors (Lipinski definition) is 4. The molecule has 0 bridgehead atoms. The highest BCUT2D eigenvalue weighted by Crippen LogP contribution is 2.24. The lowest BCUT2D eigenvalue weighted by Crippen LogP contribution is -2.40. The topological polar surface area (TPSA) is 51.4 Å². The van der Waals surface area contributed by atoms with Crippen LogP contribution in [0.4, 0.5) is 5.69 Å². The molecule has 1 unspecified atom stereocenters. The maximum absolute atomic E-state index is 3.81. The van der Waals surface area contributed by atoms with Gasteiger partial charge in [0.25, 0.3) is 0 Å². The highest BCUT2D eigenvalue weighted by molar-refractivity contribution is 5.77. The largest absolute Gasteiger partial charge is 0.387 e. The summed E-state index contributed by atoms with van der Waals surface area (Å²) in [7, 11) is 0. The van der Waals surface area contributed by atoms with Crippen LogP contribution >= 0.6 is 0 Å². The third kappa shape index (κ3) is 2.88. The molecule has 5 nitrogen and oxygen atoms in total. The summed E-state index contributed by atoms with van der Waals surface area (Å²) in [6, 6.07) is 5.16. The lowest BCUT2D eigenvalue weighted by molar-refractivity contribution is 0.428. The zero-order chi connectivity index (χ0) is 17.3. The molecular formula is C21H25N5. The Hall–Kier alpha value is -2.66. The average molecular weight is 347 g/mol. The standard InChI is InChI=1S/C21H25N5/c1-2-21-24-9-10-26(21)14-16(1)17-11-15-3-6-23-13-19(15)20(12-17)25-18-4-7-22-8-5-18/h1-3,9-14,18,21-25H,4-8H2.